The largest absolute Gasteiger partial charge is 0.338 e. The number of rotatable bonds is 5. The van der Waals surface area contributed by atoms with Crippen LogP contribution in [0.1, 0.15) is 11.4 Å². The van der Waals surface area contributed by atoms with Crippen LogP contribution >= 0.6 is 23.4 Å². The highest BCUT2D eigenvalue weighted by Gasteiger charge is 2.00. The van der Waals surface area contributed by atoms with Gasteiger partial charge in [-0.1, -0.05) is 12.1 Å². The Balaban J connectivity index is 1.83. The van der Waals surface area contributed by atoms with Gasteiger partial charge in [-0.3, -0.25) is 0 Å². The van der Waals surface area contributed by atoms with Gasteiger partial charge in [0.15, 0.2) is 0 Å². The molecule has 0 aliphatic rings. The molecule has 0 amide bonds. The first kappa shape index (κ1) is 12.5. The van der Waals surface area contributed by atoms with Crippen LogP contribution in [0.2, 0.25) is 0 Å². The van der Waals surface area contributed by atoms with Crippen molar-refractivity contribution in [2.75, 3.05) is 5.75 Å². The van der Waals surface area contributed by atoms with Crippen LogP contribution in [0.5, 0.6) is 0 Å². The molecule has 0 aliphatic heterocycles. The normalized spacial score (nSPS) is 10.7. The van der Waals surface area contributed by atoms with E-state index < -0.39 is 0 Å². The van der Waals surface area contributed by atoms with E-state index in [1.807, 2.05) is 31.2 Å². The van der Waals surface area contributed by atoms with Crippen LogP contribution < -0.4 is 0 Å². The van der Waals surface area contributed by atoms with Gasteiger partial charge < -0.3 is 4.57 Å². The first-order chi connectivity index (χ1) is 8.29. The van der Waals surface area contributed by atoms with E-state index in [4.69, 9.17) is 11.6 Å². The number of nitrogens with zero attached hydrogens (tertiary/aromatic N) is 2. The summed E-state index contributed by atoms with van der Waals surface area (Å²) in [6.45, 7) is 0. The first-order valence-electron chi connectivity index (χ1n) is 5.53. The molecule has 1 aromatic carbocycles. The number of aryl methyl sites for hydroxylation is 2. The van der Waals surface area contributed by atoms with Crippen molar-refractivity contribution in [3.63, 3.8) is 0 Å². The van der Waals surface area contributed by atoms with E-state index in [2.05, 4.69) is 33.8 Å². The van der Waals surface area contributed by atoms with Crippen molar-refractivity contribution in [2.24, 2.45) is 7.05 Å². The molecule has 0 spiro atoms. The molecule has 0 N–H and O–H groups in total. The standard InChI is InChI=1S/C13H15ClN2S/c1-16-8-7-15-13(16)6-9-17-12-4-2-11(10-14)3-5-12/h2-5,7-8H,6,9-10H2,1H3. The number of benzene rings is 1. The fourth-order valence-corrected chi connectivity index (χ4v) is 2.60. The van der Waals surface area contributed by atoms with Crippen LogP contribution in [0.4, 0.5) is 0 Å². The Labute approximate surface area is 111 Å². The minimum atomic E-state index is 0.582. The molecule has 90 valence electrons. The second kappa shape index (κ2) is 6.12. The van der Waals surface area contributed by atoms with Gasteiger partial charge in [0.2, 0.25) is 0 Å². The molecular weight excluding hydrogens is 252 g/mol. The van der Waals surface area contributed by atoms with Crippen LogP contribution in [0.25, 0.3) is 0 Å². The summed E-state index contributed by atoms with van der Waals surface area (Å²) in [5.41, 5.74) is 1.17. The minimum Gasteiger partial charge on any atom is -0.338 e. The fourth-order valence-electron chi connectivity index (χ4n) is 1.57. The summed E-state index contributed by atoms with van der Waals surface area (Å²) in [6, 6.07) is 8.41. The minimum absolute atomic E-state index is 0.582. The smallest absolute Gasteiger partial charge is 0.109 e. The number of hydrogen-bond acceptors (Lipinski definition) is 2. The Morgan fingerprint density at radius 3 is 2.65 bits per heavy atom. The lowest BCUT2D eigenvalue weighted by Crippen LogP contribution is -1.98. The summed E-state index contributed by atoms with van der Waals surface area (Å²) in [5, 5.41) is 0. The highest BCUT2D eigenvalue weighted by Crippen LogP contribution is 2.19. The van der Waals surface area contributed by atoms with Crippen LogP contribution in [0.15, 0.2) is 41.6 Å². The van der Waals surface area contributed by atoms with Gasteiger partial charge in [0, 0.05) is 42.4 Å². The Kier molecular flexibility index (Phi) is 4.51. The molecule has 1 heterocycles. The summed E-state index contributed by atoms with van der Waals surface area (Å²) < 4.78 is 2.07. The molecule has 0 aliphatic carbocycles. The molecule has 0 saturated heterocycles. The van der Waals surface area contributed by atoms with Crippen molar-refractivity contribution in [1.82, 2.24) is 9.55 Å². The van der Waals surface area contributed by atoms with Crippen molar-refractivity contribution in [3.05, 3.63) is 48.0 Å². The molecule has 2 aromatic rings. The summed E-state index contributed by atoms with van der Waals surface area (Å²) in [7, 11) is 2.03. The van der Waals surface area contributed by atoms with Gasteiger partial charge in [-0.25, -0.2) is 4.98 Å². The van der Waals surface area contributed by atoms with Gasteiger partial charge in [0.1, 0.15) is 5.82 Å². The lowest BCUT2D eigenvalue weighted by Gasteiger charge is -2.03. The molecule has 0 saturated carbocycles. The number of imidazole rings is 1. The van der Waals surface area contributed by atoms with E-state index in [1.54, 1.807) is 0 Å². The molecule has 17 heavy (non-hydrogen) atoms. The number of halogens is 1. The maximum absolute atomic E-state index is 5.75. The summed E-state index contributed by atoms with van der Waals surface area (Å²) in [5.74, 6) is 2.76. The maximum atomic E-state index is 5.75. The molecule has 0 radical (unpaired) electrons. The molecule has 0 bridgehead atoms. The van der Waals surface area contributed by atoms with Gasteiger partial charge in [0.25, 0.3) is 0 Å². The molecule has 2 nitrogen and oxygen atoms in total. The van der Waals surface area contributed by atoms with Crippen LogP contribution in [-0.2, 0) is 19.3 Å². The molecule has 4 heteroatoms. The second-order valence-electron chi connectivity index (χ2n) is 3.83. The lowest BCUT2D eigenvalue weighted by atomic mass is 10.2. The van der Waals surface area contributed by atoms with E-state index in [0.717, 1.165) is 18.0 Å². The van der Waals surface area contributed by atoms with Gasteiger partial charge in [-0.2, -0.15) is 0 Å². The molecule has 2 rings (SSSR count). The Hall–Kier alpha value is -0.930. The lowest BCUT2D eigenvalue weighted by molar-refractivity contribution is 0.811. The molecule has 0 unspecified atom stereocenters. The molecular formula is C13H15ClN2S. The quantitative estimate of drug-likeness (QED) is 0.609. The van der Waals surface area contributed by atoms with E-state index in [1.165, 1.54) is 10.5 Å². The topological polar surface area (TPSA) is 17.8 Å². The highest BCUT2D eigenvalue weighted by atomic mass is 35.5. The molecule has 1 aromatic heterocycles. The fraction of sp³-hybridized carbons (Fsp3) is 0.308. The zero-order chi connectivity index (χ0) is 12.1. The third kappa shape index (κ3) is 3.51. The SMILES string of the molecule is Cn1ccnc1CCSc1ccc(CCl)cc1. The van der Waals surface area contributed by atoms with Crippen molar-refractivity contribution in [1.29, 1.82) is 0 Å². The van der Waals surface area contributed by atoms with Crippen LogP contribution in [0.3, 0.4) is 0 Å². The van der Waals surface area contributed by atoms with Gasteiger partial charge in [0.05, 0.1) is 0 Å². The van der Waals surface area contributed by atoms with E-state index in [9.17, 15) is 0 Å². The summed E-state index contributed by atoms with van der Waals surface area (Å²) in [6.07, 6.45) is 4.82. The zero-order valence-corrected chi connectivity index (χ0v) is 11.3. The highest BCUT2D eigenvalue weighted by molar-refractivity contribution is 7.99. The van der Waals surface area contributed by atoms with Gasteiger partial charge in [-0.15, -0.1) is 23.4 Å². The monoisotopic (exact) mass is 266 g/mol. The number of hydrogen-bond donors (Lipinski definition) is 0. The van der Waals surface area contributed by atoms with E-state index in [-0.39, 0.29) is 0 Å². The van der Waals surface area contributed by atoms with E-state index in [0.29, 0.717) is 5.88 Å². The summed E-state index contributed by atoms with van der Waals surface area (Å²) >= 11 is 7.60. The third-order valence-electron chi connectivity index (χ3n) is 2.59. The summed E-state index contributed by atoms with van der Waals surface area (Å²) in [4.78, 5) is 5.59. The predicted molar refractivity (Wildman–Crippen MR) is 73.6 cm³/mol. The van der Waals surface area contributed by atoms with Gasteiger partial charge >= 0.3 is 0 Å². The van der Waals surface area contributed by atoms with Crippen molar-refractivity contribution >= 4 is 23.4 Å². The third-order valence-corrected chi connectivity index (χ3v) is 3.92. The Bertz CT molecular complexity index is 465. The van der Waals surface area contributed by atoms with Crippen LogP contribution in [0, 0.1) is 0 Å². The van der Waals surface area contributed by atoms with Crippen molar-refractivity contribution in [2.45, 2.75) is 17.2 Å². The van der Waals surface area contributed by atoms with Crippen LogP contribution in [-0.4, -0.2) is 15.3 Å². The average molecular weight is 267 g/mol. The number of alkyl halides is 1. The Morgan fingerprint density at radius 2 is 2.06 bits per heavy atom. The van der Waals surface area contributed by atoms with Gasteiger partial charge in [-0.05, 0) is 17.7 Å². The first-order valence-corrected chi connectivity index (χ1v) is 7.05. The zero-order valence-electron chi connectivity index (χ0n) is 9.77. The number of thioether (sulfide) groups is 1. The van der Waals surface area contributed by atoms with E-state index >= 15 is 0 Å². The Morgan fingerprint density at radius 1 is 1.29 bits per heavy atom. The number of aromatic nitrogens is 2. The van der Waals surface area contributed by atoms with Crippen molar-refractivity contribution in [3.8, 4) is 0 Å². The van der Waals surface area contributed by atoms with Crippen molar-refractivity contribution < 1.29 is 0 Å². The predicted octanol–water partition coefficient (Wildman–Crippen LogP) is 3.49. The maximum Gasteiger partial charge on any atom is 0.109 e. The molecule has 0 atom stereocenters. The average Bonchev–Trinajstić information content (AvgIpc) is 2.76. The second-order valence-corrected chi connectivity index (χ2v) is 5.27. The molecule has 0 fully saturated rings.